The molecule has 0 spiro atoms. The Morgan fingerprint density at radius 3 is 3.00 bits per heavy atom. The first kappa shape index (κ1) is 14.2. The zero-order chi connectivity index (χ0) is 14.9. The van der Waals surface area contributed by atoms with E-state index in [0.717, 1.165) is 24.5 Å². The van der Waals surface area contributed by atoms with Crippen molar-refractivity contribution < 1.29 is 4.74 Å². The minimum atomic E-state index is 0.359. The molecule has 0 unspecified atom stereocenters. The highest BCUT2D eigenvalue weighted by molar-refractivity contribution is 5.79. The molecule has 22 heavy (non-hydrogen) atoms. The van der Waals surface area contributed by atoms with Gasteiger partial charge in [-0.1, -0.05) is 31.4 Å². The highest BCUT2D eigenvalue weighted by Gasteiger charge is 2.25. The topological polar surface area (TPSA) is 39.1 Å². The smallest absolute Gasteiger partial charge is 0.136 e. The van der Waals surface area contributed by atoms with Gasteiger partial charge in [0.1, 0.15) is 12.4 Å². The van der Waals surface area contributed by atoms with E-state index in [1.54, 1.807) is 0 Å². The number of benzene rings is 1. The number of hydrogen-bond donors (Lipinski definition) is 1. The molecular weight excluding hydrogens is 274 g/mol. The zero-order valence-corrected chi connectivity index (χ0v) is 13.3. The van der Waals surface area contributed by atoms with Gasteiger partial charge in [0.25, 0.3) is 0 Å². The van der Waals surface area contributed by atoms with Crippen molar-refractivity contribution in [3.63, 3.8) is 0 Å². The second-order valence-electron chi connectivity index (χ2n) is 6.75. The fourth-order valence-corrected chi connectivity index (χ4v) is 3.93. The number of nitrogens with one attached hydrogen (secondary N) is 1. The van der Waals surface area contributed by atoms with Gasteiger partial charge in [0, 0.05) is 12.6 Å². The Labute approximate surface area is 131 Å². The quantitative estimate of drug-likeness (QED) is 0.945. The molecule has 1 N–H and O–H groups in total. The van der Waals surface area contributed by atoms with E-state index in [2.05, 4.69) is 35.0 Å². The van der Waals surface area contributed by atoms with Gasteiger partial charge >= 0.3 is 0 Å². The molecule has 1 aromatic carbocycles. The average molecular weight is 299 g/mol. The van der Waals surface area contributed by atoms with Gasteiger partial charge in [0.05, 0.1) is 23.7 Å². The Hall–Kier alpha value is -1.39. The molecule has 118 valence electrons. The summed E-state index contributed by atoms with van der Waals surface area (Å²) >= 11 is 0. The molecule has 1 fully saturated rings. The van der Waals surface area contributed by atoms with Crippen LogP contribution in [0.2, 0.25) is 0 Å². The number of ether oxygens (including phenoxy) is 1. The highest BCUT2D eigenvalue weighted by Crippen LogP contribution is 2.27. The molecule has 1 aliphatic carbocycles. The molecule has 0 saturated heterocycles. The van der Waals surface area contributed by atoms with E-state index >= 15 is 0 Å². The van der Waals surface area contributed by atoms with Gasteiger partial charge in [-0.25, -0.2) is 4.98 Å². The number of rotatable bonds is 3. The lowest BCUT2D eigenvalue weighted by molar-refractivity contribution is 0.0551. The van der Waals surface area contributed by atoms with Crippen molar-refractivity contribution in [1.82, 2.24) is 14.9 Å². The first-order valence-electron chi connectivity index (χ1n) is 8.60. The maximum Gasteiger partial charge on any atom is 0.136 e. The van der Waals surface area contributed by atoms with Crippen LogP contribution in [0.3, 0.4) is 0 Å². The molecule has 4 nitrogen and oxygen atoms in total. The molecular formula is C18H25N3O. The van der Waals surface area contributed by atoms with E-state index in [9.17, 15) is 0 Å². The predicted molar refractivity (Wildman–Crippen MR) is 88.0 cm³/mol. The van der Waals surface area contributed by atoms with Crippen LogP contribution in [0.15, 0.2) is 18.2 Å². The molecule has 0 amide bonds. The lowest BCUT2D eigenvalue weighted by Crippen LogP contribution is -2.38. The van der Waals surface area contributed by atoms with E-state index in [-0.39, 0.29) is 0 Å². The van der Waals surface area contributed by atoms with Gasteiger partial charge in [-0.15, -0.1) is 0 Å². The Kier molecular flexibility index (Phi) is 3.89. The SMILES string of the molecule is Cc1cccc2c1nc1n2[C@@H](CNC2CCCCC2)COC1. The number of fused-ring (bicyclic) bond motifs is 3. The minimum absolute atomic E-state index is 0.359. The molecule has 0 bridgehead atoms. The summed E-state index contributed by atoms with van der Waals surface area (Å²) in [5.41, 5.74) is 3.64. The van der Waals surface area contributed by atoms with Gasteiger partial charge in [-0.2, -0.15) is 0 Å². The number of imidazole rings is 1. The summed E-state index contributed by atoms with van der Waals surface area (Å²) in [5, 5.41) is 3.77. The van der Waals surface area contributed by atoms with Gasteiger partial charge in [0.2, 0.25) is 0 Å². The third kappa shape index (κ3) is 2.55. The fraction of sp³-hybridized carbons (Fsp3) is 0.611. The van der Waals surface area contributed by atoms with Crippen LogP contribution in [0.5, 0.6) is 0 Å². The van der Waals surface area contributed by atoms with E-state index in [0.29, 0.717) is 18.7 Å². The fourth-order valence-electron chi connectivity index (χ4n) is 3.93. The number of hydrogen-bond acceptors (Lipinski definition) is 3. The highest BCUT2D eigenvalue weighted by atomic mass is 16.5. The molecule has 2 heterocycles. The van der Waals surface area contributed by atoms with Gasteiger partial charge in [-0.3, -0.25) is 0 Å². The van der Waals surface area contributed by atoms with Crippen molar-refractivity contribution in [2.45, 2.75) is 57.7 Å². The van der Waals surface area contributed by atoms with Crippen LogP contribution in [0.25, 0.3) is 11.0 Å². The number of para-hydroxylation sites is 1. The predicted octanol–water partition coefficient (Wildman–Crippen LogP) is 3.34. The summed E-state index contributed by atoms with van der Waals surface area (Å²) < 4.78 is 8.20. The number of aromatic nitrogens is 2. The Morgan fingerprint density at radius 2 is 2.14 bits per heavy atom. The van der Waals surface area contributed by atoms with Crippen molar-refractivity contribution in [3.05, 3.63) is 29.6 Å². The van der Waals surface area contributed by atoms with E-state index in [1.165, 1.54) is 43.2 Å². The van der Waals surface area contributed by atoms with Crippen LogP contribution >= 0.6 is 0 Å². The summed E-state index contributed by atoms with van der Waals surface area (Å²) in [7, 11) is 0. The number of aryl methyl sites for hydroxylation is 1. The van der Waals surface area contributed by atoms with Crippen LogP contribution in [-0.4, -0.2) is 28.7 Å². The van der Waals surface area contributed by atoms with Crippen LogP contribution in [0, 0.1) is 6.92 Å². The Balaban J connectivity index is 1.58. The van der Waals surface area contributed by atoms with Crippen LogP contribution in [-0.2, 0) is 11.3 Å². The van der Waals surface area contributed by atoms with Crippen molar-refractivity contribution in [1.29, 1.82) is 0 Å². The lowest BCUT2D eigenvalue weighted by atomic mass is 9.95. The third-order valence-corrected chi connectivity index (χ3v) is 5.15. The second kappa shape index (κ2) is 6.01. The van der Waals surface area contributed by atoms with Crippen LogP contribution in [0.4, 0.5) is 0 Å². The summed E-state index contributed by atoms with van der Waals surface area (Å²) in [6.45, 7) is 4.54. The van der Waals surface area contributed by atoms with Gasteiger partial charge < -0.3 is 14.6 Å². The summed E-state index contributed by atoms with van der Waals surface area (Å²) in [6, 6.07) is 7.51. The molecule has 1 saturated carbocycles. The lowest BCUT2D eigenvalue weighted by Gasteiger charge is -2.30. The normalized spacial score (nSPS) is 22.9. The van der Waals surface area contributed by atoms with E-state index in [4.69, 9.17) is 9.72 Å². The van der Waals surface area contributed by atoms with Crippen molar-refractivity contribution in [2.75, 3.05) is 13.2 Å². The molecule has 4 heteroatoms. The largest absolute Gasteiger partial charge is 0.371 e. The molecule has 2 aromatic rings. The average Bonchev–Trinajstić information content (AvgIpc) is 2.95. The third-order valence-electron chi connectivity index (χ3n) is 5.15. The van der Waals surface area contributed by atoms with Crippen molar-refractivity contribution >= 4 is 11.0 Å². The number of nitrogens with zero attached hydrogens (tertiary/aromatic N) is 2. The minimum Gasteiger partial charge on any atom is -0.371 e. The molecule has 0 radical (unpaired) electrons. The second-order valence-corrected chi connectivity index (χ2v) is 6.75. The maximum atomic E-state index is 5.79. The first-order valence-corrected chi connectivity index (χ1v) is 8.60. The zero-order valence-electron chi connectivity index (χ0n) is 13.3. The van der Waals surface area contributed by atoms with Crippen molar-refractivity contribution in [3.8, 4) is 0 Å². The first-order chi connectivity index (χ1) is 10.8. The monoisotopic (exact) mass is 299 g/mol. The molecule has 4 rings (SSSR count). The Bertz CT molecular complexity index is 658. The molecule has 2 aliphatic rings. The van der Waals surface area contributed by atoms with Gasteiger partial charge in [0.15, 0.2) is 0 Å². The summed E-state index contributed by atoms with van der Waals surface area (Å²) in [5.74, 6) is 1.07. The standard InChI is InChI=1S/C18H25N3O/c1-13-6-5-9-16-18(13)20-17-12-22-11-15(21(16)17)10-19-14-7-3-2-4-8-14/h5-6,9,14-15,19H,2-4,7-8,10-12H2,1H3/t15-/m0/s1. The van der Waals surface area contributed by atoms with E-state index < -0.39 is 0 Å². The van der Waals surface area contributed by atoms with Crippen molar-refractivity contribution in [2.24, 2.45) is 0 Å². The molecule has 1 aliphatic heterocycles. The van der Waals surface area contributed by atoms with Crippen LogP contribution < -0.4 is 5.32 Å². The summed E-state index contributed by atoms with van der Waals surface area (Å²) in [6.07, 6.45) is 6.79. The molecule has 1 atom stereocenters. The van der Waals surface area contributed by atoms with Gasteiger partial charge in [-0.05, 0) is 31.4 Å². The Morgan fingerprint density at radius 1 is 1.27 bits per heavy atom. The maximum absolute atomic E-state index is 5.79. The van der Waals surface area contributed by atoms with Crippen LogP contribution in [0.1, 0.15) is 49.5 Å². The van der Waals surface area contributed by atoms with E-state index in [1.807, 2.05) is 0 Å². The summed E-state index contributed by atoms with van der Waals surface area (Å²) in [4.78, 5) is 4.81. The molecule has 1 aromatic heterocycles.